The van der Waals surface area contributed by atoms with Crippen LogP contribution in [0.4, 0.5) is 0 Å². The van der Waals surface area contributed by atoms with Crippen molar-refractivity contribution in [3.8, 4) is 0 Å². The molecule has 2 heterocycles. The van der Waals surface area contributed by atoms with Gasteiger partial charge in [-0.3, -0.25) is 4.90 Å². The van der Waals surface area contributed by atoms with Crippen molar-refractivity contribution < 1.29 is 4.74 Å². The van der Waals surface area contributed by atoms with Crippen molar-refractivity contribution in [2.45, 2.75) is 38.6 Å². The minimum Gasteiger partial charge on any atom is -0.378 e. The highest BCUT2D eigenvalue weighted by atomic mass is 35.5. The Morgan fingerprint density at radius 3 is 2.76 bits per heavy atom. The molecule has 0 saturated carbocycles. The number of halogens is 1. The van der Waals surface area contributed by atoms with Gasteiger partial charge in [-0.2, -0.15) is 0 Å². The van der Waals surface area contributed by atoms with E-state index in [1.807, 2.05) is 0 Å². The van der Waals surface area contributed by atoms with Crippen LogP contribution in [0.3, 0.4) is 0 Å². The number of rotatable bonds is 4. The van der Waals surface area contributed by atoms with Crippen LogP contribution in [0.5, 0.6) is 0 Å². The summed E-state index contributed by atoms with van der Waals surface area (Å²) in [6.07, 6.45) is 5.37. The fourth-order valence-corrected chi connectivity index (χ4v) is 2.88. The maximum Gasteiger partial charge on any atom is 0.0622 e. The van der Waals surface area contributed by atoms with Crippen molar-refractivity contribution in [3.05, 3.63) is 0 Å². The quantitative estimate of drug-likeness (QED) is 0.838. The first-order valence-electron chi connectivity index (χ1n) is 6.92. The summed E-state index contributed by atoms with van der Waals surface area (Å²) in [6, 6.07) is 0.676. The van der Waals surface area contributed by atoms with Gasteiger partial charge in [0.1, 0.15) is 0 Å². The molecule has 0 aromatic heterocycles. The molecule has 2 aliphatic heterocycles. The van der Waals surface area contributed by atoms with Crippen LogP contribution in [-0.4, -0.2) is 50.3 Å². The maximum atomic E-state index is 5.54. The first kappa shape index (κ1) is 15.2. The Hall–Kier alpha value is 0.170. The van der Waals surface area contributed by atoms with Crippen molar-refractivity contribution in [3.63, 3.8) is 0 Å². The van der Waals surface area contributed by atoms with Gasteiger partial charge in [-0.05, 0) is 51.2 Å². The van der Waals surface area contributed by atoms with E-state index in [2.05, 4.69) is 17.1 Å². The van der Waals surface area contributed by atoms with Gasteiger partial charge >= 0.3 is 0 Å². The number of nitrogens with one attached hydrogen (secondary N) is 1. The Morgan fingerprint density at radius 1 is 1.29 bits per heavy atom. The number of morpholine rings is 1. The Morgan fingerprint density at radius 2 is 2.06 bits per heavy atom. The van der Waals surface area contributed by atoms with E-state index in [0.29, 0.717) is 6.04 Å². The average Bonchev–Trinajstić information content (AvgIpc) is 2.38. The van der Waals surface area contributed by atoms with Gasteiger partial charge in [0.25, 0.3) is 0 Å². The van der Waals surface area contributed by atoms with Gasteiger partial charge < -0.3 is 10.1 Å². The molecule has 0 spiro atoms. The van der Waals surface area contributed by atoms with Crippen LogP contribution in [0, 0.1) is 5.92 Å². The summed E-state index contributed by atoms with van der Waals surface area (Å²) >= 11 is 0. The summed E-state index contributed by atoms with van der Waals surface area (Å²) in [6.45, 7) is 9.04. The molecule has 0 aromatic rings. The Kier molecular flexibility index (Phi) is 7.44. The number of ether oxygens (including phenoxy) is 1. The third kappa shape index (κ3) is 4.74. The molecule has 2 saturated heterocycles. The van der Waals surface area contributed by atoms with E-state index in [1.54, 1.807) is 0 Å². The lowest BCUT2D eigenvalue weighted by molar-refractivity contribution is -0.0112. The lowest BCUT2D eigenvalue weighted by Gasteiger charge is -2.36. The fourth-order valence-electron chi connectivity index (χ4n) is 2.88. The molecule has 102 valence electrons. The van der Waals surface area contributed by atoms with Crippen LogP contribution < -0.4 is 5.32 Å². The molecule has 2 fully saturated rings. The predicted octanol–water partition coefficient (Wildman–Crippen LogP) is 1.91. The molecule has 0 radical (unpaired) electrons. The SMILES string of the molecule is CCC1COCCN1CCC1CCNCC1.Cl. The monoisotopic (exact) mass is 262 g/mol. The summed E-state index contributed by atoms with van der Waals surface area (Å²) in [7, 11) is 0. The van der Waals surface area contributed by atoms with E-state index in [0.717, 1.165) is 25.7 Å². The molecule has 4 heteroatoms. The molecule has 1 unspecified atom stereocenters. The van der Waals surface area contributed by atoms with Crippen LogP contribution in [-0.2, 0) is 4.74 Å². The highest BCUT2D eigenvalue weighted by molar-refractivity contribution is 5.85. The maximum absolute atomic E-state index is 5.54. The molecule has 0 bridgehead atoms. The molecule has 2 rings (SSSR count). The molecule has 1 N–H and O–H groups in total. The molecular formula is C13H27ClN2O. The van der Waals surface area contributed by atoms with E-state index >= 15 is 0 Å². The topological polar surface area (TPSA) is 24.5 Å². The Balaban J connectivity index is 0.00000144. The van der Waals surface area contributed by atoms with Crippen LogP contribution in [0.2, 0.25) is 0 Å². The van der Waals surface area contributed by atoms with Crippen molar-refractivity contribution in [1.29, 1.82) is 0 Å². The van der Waals surface area contributed by atoms with Crippen molar-refractivity contribution in [2.75, 3.05) is 39.4 Å². The van der Waals surface area contributed by atoms with Crippen LogP contribution in [0.25, 0.3) is 0 Å². The van der Waals surface area contributed by atoms with E-state index in [1.165, 1.54) is 45.3 Å². The summed E-state index contributed by atoms with van der Waals surface area (Å²) in [4.78, 5) is 2.64. The van der Waals surface area contributed by atoms with E-state index < -0.39 is 0 Å². The second-order valence-electron chi connectivity index (χ2n) is 5.16. The molecule has 2 aliphatic rings. The minimum absolute atomic E-state index is 0. The van der Waals surface area contributed by atoms with Crippen LogP contribution in [0.15, 0.2) is 0 Å². The first-order valence-corrected chi connectivity index (χ1v) is 6.92. The number of piperidine rings is 1. The van der Waals surface area contributed by atoms with Gasteiger partial charge in [0.05, 0.1) is 13.2 Å². The fraction of sp³-hybridized carbons (Fsp3) is 1.00. The third-order valence-electron chi connectivity index (χ3n) is 4.10. The Bertz CT molecular complexity index is 198. The molecule has 0 aliphatic carbocycles. The van der Waals surface area contributed by atoms with Crippen molar-refractivity contribution in [2.24, 2.45) is 5.92 Å². The van der Waals surface area contributed by atoms with E-state index in [-0.39, 0.29) is 12.4 Å². The van der Waals surface area contributed by atoms with Crippen molar-refractivity contribution >= 4 is 12.4 Å². The largest absolute Gasteiger partial charge is 0.378 e. The second kappa shape index (κ2) is 8.30. The van der Waals surface area contributed by atoms with E-state index in [4.69, 9.17) is 4.74 Å². The number of hydrogen-bond donors (Lipinski definition) is 1. The number of nitrogens with zero attached hydrogens (tertiary/aromatic N) is 1. The standard InChI is InChI=1S/C13H26N2O.ClH/c1-2-13-11-16-10-9-15(13)8-5-12-3-6-14-7-4-12;/h12-14H,2-11H2,1H3;1H. The lowest BCUT2D eigenvalue weighted by atomic mass is 9.94. The van der Waals surface area contributed by atoms with Crippen LogP contribution in [0.1, 0.15) is 32.6 Å². The summed E-state index contributed by atoms with van der Waals surface area (Å²) in [5.74, 6) is 0.960. The highest BCUT2D eigenvalue weighted by Gasteiger charge is 2.22. The first-order chi connectivity index (χ1) is 7.90. The van der Waals surface area contributed by atoms with Gasteiger partial charge in [-0.15, -0.1) is 12.4 Å². The Labute approximate surface area is 112 Å². The summed E-state index contributed by atoms with van der Waals surface area (Å²) in [5.41, 5.74) is 0. The zero-order chi connectivity index (χ0) is 11.2. The van der Waals surface area contributed by atoms with Gasteiger partial charge in [0.2, 0.25) is 0 Å². The summed E-state index contributed by atoms with van der Waals surface area (Å²) in [5, 5.41) is 3.44. The van der Waals surface area contributed by atoms with Gasteiger partial charge in [0, 0.05) is 12.6 Å². The third-order valence-corrected chi connectivity index (χ3v) is 4.10. The predicted molar refractivity (Wildman–Crippen MR) is 73.9 cm³/mol. The molecule has 1 atom stereocenters. The zero-order valence-corrected chi connectivity index (χ0v) is 11.8. The normalized spacial score (nSPS) is 27.7. The van der Waals surface area contributed by atoms with E-state index in [9.17, 15) is 0 Å². The van der Waals surface area contributed by atoms with Gasteiger partial charge in [0.15, 0.2) is 0 Å². The average molecular weight is 263 g/mol. The highest BCUT2D eigenvalue weighted by Crippen LogP contribution is 2.18. The molecule has 3 nitrogen and oxygen atoms in total. The van der Waals surface area contributed by atoms with Crippen LogP contribution >= 0.6 is 12.4 Å². The zero-order valence-electron chi connectivity index (χ0n) is 11.0. The lowest BCUT2D eigenvalue weighted by Crippen LogP contribution is -2.46. The number of hydrogen-bond acceptors (Lipinski definition) is 3. The molecular weight excluding hydrogens is 236 g/mol. The van der Waals surface area contributed by atoms with Crippen molar-refractivity contribution in [1.82, 2.24) is 10.2 Å². The smallest absolute Gasteiger partial charge is 0.0622 e. The molecule has 17 heavy (non-hydrogen) atoms. The second-order valence-corrected chi connectivity index (χ2v) is 5.16. The van der Waals surface area contributed by atoms with Gasteiger partial charge in [-0.25, -0.2) is 0 Å². The molecule has 0 amide bonds. The summed E-state index contributed by atoms with van der Waals surface area (Å²) < 4.78 is 5.54. The van der Waals surface area contributed by atoms with Gasteiger partial charge in [-0.1, -0.05) is 6.92 Å². The molecule has 0 aromatic carbocycles. The minimum atomic E-state index is 0.